The minimum Gasteiger partial charge on any atom is -0.383 e. The molecule has 278 valence electrons. The van der Waals surface area contributed by atoms with Crippen molar-refractivity contribution in [1.82, 2.24) is 14.4 Å². The number of carbonyl (C=O) groups excluding carboxylic acids is 1. The normalized spacial score (nSPS) is 19.6. The predicted octanol–water partition coefficient (Wildman–Crippen LogP) is 8.71. The summed E-state index contributed by atoms with van der Waals surface area (Å²) in [6, 6.07) is 6.43. The molecule has 53 heavy (non-hydrogen) atoms. The Morgan fingerprint density at radius 2 is 1.72 bits per heavy atom. The van der Waals surface area contributed by atoms with E-state index >= 15 is 9.18 Å². The van der Waals surface area contributed by atoms with E-state index in [4.69, 9.17) is 15.1 Å². The molecule has 5 aromatic rings. The van der Waals surface area contributed by atoms with Crippen LogP contribution in [0, 0.1) is 18.6 Å². The summed E-state index contributed by atoms with van der Waals surface area (Å²) >= 11 is -0.229. The highest BCUT2D eigenvalue weighted by Crippen LogP contribution is 2.32. The van der Waals surface area contributed by atoms with Gasteiger partial charge in [0, 0.05) is 64.6 Å². The van der Waals surface area contributed by atoms with Crippen LogP contribution in [-0.4, -0.2) is 59.5 Å². The summed E-state index contributed by atoms with van der Waals surface area (Å²) in [6.45, 7) is -9.35. The third-order valence-electron chi connectivity index (χ3n) is 8.39. The van der Waals surface area contributed by atoms with Crippen LogP contribution in [0.15, 0.2) is 101 Å². The van der Waals surface area contributed by atoms with Crippen molar-refractivity contribution in [3.05, 3.63) is 135 Å². The van der Waals surface area contributed by atoms with E-state index in [9.17, 15) is 27.8 Å². The Morgan fingerprint density at radius 3 is 2.40 bits per heavy atom. The number of pyridine rings is 1. The fraction of sp³-hybridized carbons (Fsp3) is 0.317. The van der Waals surface area contributed by atoms with Gasteiger partial charge in [-0.15, -0.1) is 11.8 Å². The van der Waals surface area contributed by atoms with Crippen molar-refractivity contribution in [3.8, 4) is 11.1 Å². The molecule has 1 fully saturated rings. The molecule has 1 aromatic heterocycles. The van der Waals surface area contributed by atoms with Crippen LogP contribution < -0.4 is 5.43 Å². The maximum atomic E-state index is 15.4. The molecule has 12 heteroatoms. The molecule has 0 unspecified atom stereocenters. The zero-order valence-corrected chi connectivity index (χ0v) is 28.6. The van der Waals surface area contributed by atoms with Gasteiger partial charge in [0.05, 0.1) is 40.5 Å². The van der Waals surface area contributed by atoms with Gasteiger partial charge >= 0.3 is 6.18 Å². The molecule has 6 nitrogen and oxygen atoms in total. The average molecular weight is 765 g/mol. The fourth-order valence-electron chi connectivity index (χ4n) is 5.65. The lowest BCUT2D eigenvalue weighted by Crippen LogP contribution is -2.48. The van der Waals surface area contributed by atoms with Crippen molar-refractivity contribution < 1.29 is 52.0 Å². The Morgan fingerprint density at radius 1 is 1.02 bits per heavy atom. The van der Waals surface area contributed by atoms with Gasteiger partial charge in [-0.25, -0.2) is 8.78 Å². The minimum absolute atomic E-state index is 0.164. The number of aromatic nitrogens is 1. The number of rotatable bonds is 12. The summed E-state index contributed by atoms with van der Waals surface area (Å²) in [5, 5.41) is -1.94. The first-order valence-electron chi connectivity index (χ1n) is 23.6. The van der Waals surface area contributed by atoms with E-state index < -0.39 is 125 Å². The van der Waals surface area contributed by atoms with Gasteiger partial charge in [0.15, 0.2) is 17.1 Å². The summed E-state index contributed by atoms with van der Waals surface area (Å²) in [6.07, 6.45) is -5.12. The van der Waals surface area contributed by atoms with Gasteiger partial charge in [-0.2, -0.15) is 13.2 Å². The number of nitrogens with zero attached hydrogens (tertiary/aromatic N) is 3. The van der Waals surface area contributed by atoms with E-state index in [0.29, 0.717) is 16.5 Å². The van der Waals surface area contributed by atoms with Crippen molar-refractivity contribution in [3.63, 3.8) is 0 Å². The molecule has 2 heterocycles. The van der Waals surface area contributed by atoms with Crippen LogP contribution in [0.1, 0.15) is 55.7 Å². The number of fused-ring (bicyclic) bond motifs is 1. The van der Waals surface area contributed by atoms with Crippen LogP contribution in [0.25, 0.3) is 22.0 Å². The number of amides is 1. The molecule has 1 aliphatic rings. The lowest BCUT2D eigenvalue weighted by Gasteiger charge is -2.39. The minimum atomic E-state index is -4.63. The Bertz CT molecular complexity index is 2800. The number of carbonyl (C=O) groups is 1. The molecule has 0 radical (unpaired) electrons. The maximum absolute atomic E-state index is 15.4. The number of thioether (sulfide) groups is 1. The number of hydrogen-bond donors (Lipinski definition) is 0. The first-order chi connectivity index (χ1) is 31.2. The second-order valence-corrected chi connectivity index (χ2v) is 12.7. The third kappa shape index (κ3) is 9.17. The van der Waals surface area contributed by atoms with Crippen LogP contribution in [0.3, 0.4) is 0 Å². The van der Waals surface area contributed by atoms with Crippen molar-refractivity contribution in [2.24, 2.45) is 0 Å². The lowest BCUT2D eigenvalue weighted by molar-refractivity contribution is -0.137. The SMILES string of the molecule is [2H]c1c(C)c([2H])c2c(=O)c([2H])c(SC([2H])([2H])c3cccc(F)c3F)n(C([2H])([2H])C(=O)N(C3CCN(CC([2H])([2H])OC([2H])([2H])[2H])CC3)C([2H])([2H])c3ccc(-c4ccc(C(F)(F)F)cc4)cc3)c2c1[2H]. The van der Waals surface area contributed by atoms with Crippen LogP contribution in [0.5, 0.6) is 0 Å². The molecular formula is C41H40F5N3O3S. The Labute approximate surface area is 330 Å². The van der Waals surface area contributed by atoms with Gasteiger partial charge < -0.3 is 19.1 Å². The first kappa shape index (κ1) is 23.3. The number of hydrogen-bond acceptors (Lipinski definition) is 5. The highest BCUT2D eigenvalue weighted by molar-refractivity contribution is 7.98. The third-order valence-corrected chi connectivity index (χ3v) is 9.19. The summed E-state index contributed by atoms with van der Waals surface area (Å²) in [7, 11) is -3.12. The summed E-state index contributed by atoms with van der Waals surface area (Å²) in [5.74, 6) is -4.99. The molecule has 0 N–H and O–H groups in total. The molecule has 1 amide bonds. The average Bonchev–Trinajstić information content (AvgIpc) is 3.23. The quantitative estimate of drug-likeness (QED) is 0.0941. The first-order valence-corrected chi connectivity index (χ1v) is 16.9. The number of benzene rings is 4. The molecule has 0 bridgehead atoms. The number of methoxy groups -OCH3 is 1. The van der Waals surface area contributed by atoms with Gasteiger partial charge in [-0.1, -0.05) is 60.1 Å². The van der Waals surface area contributed by atoms with E-state index in [-0.39, 0.29) is 59.0 Å². The standard InChI is InChI=1S/C41H40F5N3O3S/c1-27-6-15-36-34(22-27)37(50)23-39(53-26-31-4-3-5-35(42)40(31)43)49(36)25-38(51)48(33-16-18-47(19-17-33)20-21-52-2)24-28-7-9-29(10-8-28)30-11-13-32(14-12-30)41(44,45)46/h3-15,22-23,33H,16-21,24-26H2,1-2H3/i2D3,6D,15D,21D2,22D,23D,24D2,25D2,26D2. The van der Waals surface area contributed by atoms with E-state index in [0.717, 1.165) is 24.3 Å². The van der Waals surface area contributed by atoms with Crippen molar-refractivity contribution in [2.75, 3.05) is 33.2 Å². The van der Waals surface area contributed by atoms with Crippen LogP contribution in [-0.2, 0) is 34.4 Å². The topological polar surface area (TPSA) is 54.8 Å². The second-order valence-electron chi connectivity index (χ2n) is 11.9. The van der Waals surface area contributed by atoms with Gasteiger partial charge in [0.1, 0.15) is 6.50 Å². The molecule has 1 aliphatic heterocycles. The van der Waals surface area contributed by atoms with E-state index in [1.54, 1.807) is 0 Å². The highest BCUT2D eigenvalue weighted by Gasteiger charge is 2.31. The summed E-state index contributed by atoms with van der Waals surface area (Å²) in [4.78, 5) is 31.2. The van der Waals surface area contributed by atoms with Gasteiger partial charge in [0.2, 0.25) is 5.91 Å². The zero-order chi connectivity index (χ0) is 50.9. The largest absolute Gasteiger partial charge is 0.416 e. The predicted molar refractivity (Wildman–Crippen MR) is 198 cm³/mol. The number of likely N-dealkylation sites (tertiary alicyclic amines) is 1. The molecule has 6 rings (SSSR count). The van der Waals surface area contributed by atoms with E-state index in [1.165, 1.54) is 48.2 Å². The van der Waals surface area contributed by atoms with Crippen LogP contribution in [0.4, 0.5) is 22.0 Å². The Kier molecular flexibility index (Phi) is 7.32. The number of alkyl halides is 3. The molecule has 0 spiro atoms. The van der Waals surface area contributed by atoms with Crippen molar-refractivity contribution in [1.29, 1.82) is 0 Å². The molecule has 0 atom stereocenters. The highest BCUT2D eigenvalue weighted by atomic mass is 32.2. The van der Waals surface area contributed by atoms with Crippen molar-refractivity contribution in [2.45, 2.75) is 55.7 Å². The Balaban J connectivity index is 1.53. The monoisotopic (exact) mass is 764 g/mol. The Hall–Kier alpha value is -4.52. The molecule has 4 aromatic carbocycles. The molecule has 0 saturated carbocycles. The molecule has 0 aliphatic carbocycles. The fourth-order valence-corrected chi connectivity index (χ4v) is 6.39. The van der Waals surface area contributed by atoms with E-state index in [1.807, 2.05) is 0 Å². The van der Waals surface area contributed by atoms with Crippen LogP contribution in [0.2, 0.25) is 0 Å². The number of halogens is 5. The number of piperidine rings is 1. The smallest absolute Gasteiger partial charge is 0.383 e. The van der Waals surface area contributed by atoms with Crippen molar-refractivity contribution >= 4 is 28.6 Å². The van der Waals surface area contributed by atoms with Gasteiger partial charge in [-0.05, 0) is 66.7 Å². The van der Waals surface area contributed by atoms with Gasteiger partial charge in [-0.3, -0.25) is 9.59 Å². The van der Waals surface area contributed by atoms with Gasteiger partial charge in [0.25, 0.3) is 0 Å². The summed E-state index contributed by atoms with van der Waals surface area (Å²) in [5.41, 5.74) is -7.44. The molecular weight excluding hydrogens is 710 g/mol. The second kappa shape index (κ2) is 16.7. The maximum Gasteiger partial charge on any atom is 0.416 e. The number of ether oxygens (including phenoxy) is 1. The zero-order valence-electron chi connectivity index (χ0n) is 42.8. The summed E-state index contributed by atoms with van der Waals surface area (Å²) < 4.78 is 204. The lowest BCUT2D eigenvalue weighted by atomic mass is 10.00. The van der Waals surface area contributed by atoms with Crippen LogP contribution >= 0.6 is 11.8 Å². The van der Waals surface area contributed by atoms with E-state index in [2.05, 4.69) is 4.74 Å². The molecule has 1 saturated heterocycles.